The maximum Gasteiger partial charge on any atom is 0.223 e. The minimum atomic E-state index is -1.31. The number of rotatable bonds is 3. The van der Waals surface area contributed by atoms with Crippen molar-refractivity contribution >= 4 is 19.4 Å². The van der Waals surface area contributed by atoms with Crippen molar-refractivity contribution in [2.24, 2.45) is 5.92 Å². The molecule has 1 amide bonds. The number of hydrogen-bond donors (Lipinski definition) is 1. The number of carbonyl (C=O) groups is 1. The van der Waals surface area contributed by atoms with Gasteiger partial charge in [-0.3, -0.25) is 4.79 Å². The van der Waals surface area contributed by atoms with E-state index in [-0.39, 0.29) is 11.8 Å². The topological polar surface area (TPSA) is 43.8 Å². The molecule has 1 aromatic rings. The number of amides is 1. The Morgan fingerprint density at radius 3 is 2.33 bits per heavy atom. The molecule has 1 N–H and O–H groups in total. The first kappa shape index (κ1) is 16.1. The molecule has 2 radical (unpaired) electrons. The molecule has 112 valence electrons. The molecule has 2 rings (SSSR count). The highest BCUT2D eigenvalue weighted by atomic mass is 16.3. The summed E-state index contributed by atoms with van der Waals surface area (Å²) in [4.78, 5) is 15.2. The lowest BCUT2D eigenvalue weighted by Gasteiger charge is -2.39. The third kappa shape index (κ3) is 3.47. The van der Waals surface area contributed by atoms with E-state index >= 15 is 0 Å². The molecular formula is C16H23BN2O2. The molecule has 21 heavy (non-hydrogen) atoms. The first-order chi connectivity index (χ1) is 9.82. The van der Waals surface area contributed by atoms with E-state index in [1.165, 1.54) is 6.92 Å². The SMILES string of the molecule is [B]C(O)(c1ccc(N(C)C(C)=O)cc1)C1CCN(C)CC1. The molecule has 0 aromatic heterocycles. The van der Waals surface area contributed by atoms with Crippen LogP contribution in [0.5, 0.6) is 0 Å². The molecule has 1 aliphatic rings. The highest BCUT2D eigenvalue weighted by Gasteiger charge is 2.34. The Bertz CT molecular complexity index is 494. The van der Waals surface area contributed by atoms with Gasteiger partial charge in [0.25, 0.3) is 0 Å². The Hall–Kier alpha value is -1.33. The standard InChI is InChI=1S/C16H23BN2O2/c1-12(20)19(3)15-6-4-13(5-7-15)16(17,21)14-8-10-18(2)11-9-14/h4-7,14,21H,8-11H2,1-3H3. The molecule has 1 heterocycles. The molecule has 1 atom stereocenters. The summed E-state index contributed by atoms with van der Waals surface area (Å²) in [5.41, 5.74) is 0.192. The van der Waals surface area contributed by atoms with Crippen LogP contribution in [0.2, 0.25) is 0 Å². The van der Waals surface area contributed by atoms with Crippen LogP contribution in [-0.4, -0.2) is 50.9 Å². The maximum absolute atomic E-state index is 11.4. The molecule has 0 aliphatic carbocycles. The van der Waals surface area contributed by atoms with Crippen LogP contribution in [0.15, 0.2) is 24.3 Å². The molecular weight excluding hydrogens is 263 g/mol. The van der Waals surface area contributed by atoms with Gasteiger partial charge < -0.3 is 14.9 Å². The van der Waals surface area contributed by atoms with Gasteiger partial charge in [0.2, 0.25) is 5.91 Å². The first-order valence-electron chi connectivity index (χ1n) is 7.37. The molecule has 0 spiro atoms. The predicted octanol–water partition coefficient (Wildman–Crippen LogP) is 1.32. The quantitative estimate of drug-likeness (QED) is 0.852. The summed E-state index contributed by atoms with van der Waals surface area (Å²) in [6, 6.07) is 7.27. The van der Waals surface area contributed by atoms with Crippen LogP contribution in [0, 0.1) is 5.92 Å². The second kappa shape index (κ2) is 6.20. The zero-order valence-corrected chi connectivity index (χ0v) is 13.0. The van der Waals surface area contributed by atoms with E-state index < -0.39 is 5.50 Å². The number of likely N-dealkylation sites (tertiary alicyclic amines) is 1. The summed E-state index contributed by atoms with van der Waals surface area (Å²) in [6.45, 7) is 3.43. The van der Waals surface area contributed by atoms with Gasteiger partial charge in [0.1, 0.15) is 7.85 Å². The van der Waals surface area contributed by atoms with Gasteiger partial charge in [0, 0.05) is 19.7 Å². The Morgan fingerprint density at radius 2 is 1.86 bits per heavy atom. The third-order valence-corrected chi connectivity index (χ3v) is 4.53. The van der Waals surface area contributed by atoms with Gasteiger partial charge >= 0.3 is 0 Å². The van der Waals surface area contributed by atoms with Gasteiger partial charge in [-0.1, -0.05) is 12.1 Å². The molecule has 1 saturated heterocycles. The third-order valence-electron chi connectivity index (χ3n) is 4.53. The average Bonchev–Trinajstić information content (AvgIpc) is 2.47. The van der Waals surface area contributed by atoms with Crippen LogP contribution >= 0.6 is 0 Å². The number of hydrogen-bond acceptors (Lipinski definition) is 3. The molecule has 4 nitrogen and oxygen atoms in total. The van der Waals surface area contributed by atoms with Gasteiger partial charge in [-0.05, 0) is 56.6 Å². The number of piperidine rings is 1. The fourth-order valence-electron chi connectivity index (χ4n) is 2.82. The van der Waals surface area contributed by atoms with Gasteiger partial charge in [0.15, 0.2) is 0 Å². The molecule has 1 unspecified atom stereocenters. The van der Waals surface area contributed by atoms with E-state index in [0.29, 0.717) is 5.56 Å². The van der Waals surface area contributed by atoms with Crippen LogP contribution < -0.4 is 4.90 Å². The molecule has 5 heteroatoms. The van der Waals surface area contributed by atoms with Crippen LogP contribution in [0.1, 0.15) is 25.3 Å². The van der Waals surface area contributed by atoms with Crippen molar-refractivity contribution < 1.29 is 9.90 Å². The molecule has 1 fully saturated rings. The van der Waals surface area contributed by atoms with Crippen molar-refractivity contribution in [2.45, 2.75) is 25.3 Å². The van der Waals surface area contributed by atoms with E-state index in [1.807, 2.05) is 24.3 Å². The first-order valence-corrected chi connectivity index (χ1v) is 7.37. The van der Waals surface area contributed by atoms with Crippen molar-refractivity contribution in [3.8, 4) is 0 Å². The van der Waals surface area contributed by atoms with Crippen LogP contribution in [0.4, 0.5) is 5.69 Å². The fourth-order valence-corrected chi connectivity index (χ4v) is 2.82. The number of nitrogens with zero attached hydrogens (tertiary/aromatic N) is 2. The normalized spacial score (nSPS) is 20.0. The fraction of sp³-hybridized carbons (Fsp3) is 0.562. The summed E-state index contributed by atoms with van der Waals surface area (Å²) in [6.07, 6.45) is 1.78. The predicted molar refractivity (Wildman–Crippen MR) is 85.4 cm³/mol. The zero-order valence-electron chi connectivity index (χ0n) is 13.0. The lowest BCUT2D eigenvalue weighted by Crippen LogP contribution is -2.42. The summed E-state index contributed by atoms with van der Waals surface area (Å²) in [5, 5.41) is 10.7. The van der Waals surface area contributed by atoms with Gasteiger partial charge in [-0.2, -0.15) is 0 Å². The molecule has 0 bridgehead atoms. The zero-order chi connectivity index (χ0) is 15.6. The summed E-state index contributed by atoms with van der Waals surface area (Å²) >= 11 is 0. The lowest BCUT2D eigenvalue weighted by atomic mass is 9.64. The van der Waals surface area contributed by atoms with Crippen molar-refractivity contribution in [2.75, 3.05) is 32.1 Å². The highest BCUT2D eigenvalue weighted by Crippen LogP contribution is 2.34. The summed E-state index contributed by atoms with van der Waals surface area (Å²) < 4.78 is 0. The van der Waals surface area contributed by atoms with E-state index in [2.05, 4.69) is 11.9 Å². The Kier molecular flexibility index (Phi) is 4.74. The van der Waals surface area contributed by atoms with E-state index in [9.17, 15) is 9.90 Å². The van der Waals surface area contributed by atoms with Gasteiger partial charge in [-0.15, -0.1) is 0 Å². The van der Waals surface area contributed by atoms with E-state index in [4.69, 9.17) is 7.85 Å². The molecule has 0 saturated carbocycles. The van der Waals surface area contributed by atoms with Crippen molar-refractivity contribution in [1.29, 1.82) is 0 Å². The second-order valence-corrected chi connectivity index (χ2v) is 6.03. The van der Waals surface area contributed by atoms with Crippen LogP contribution in [0.3, 0.4) is 0 Å². The monoisotopic (exact) mass is 286 g/mol. The van der Waals surface area contributed by atoms with Gasteiger partial charge in [0.05, 0.1) is 5.50 Å². The second-order valence-electron chi connectivity index (χ2n) is 6.03. The Balaban J connectivity index is 2.15. The van der Waals surface area contributed by atoms with Crippen molar-refractivity contribution in [1.82, 2.24) is 4.90 Å². The Morgan fingerprint density at radius 1 is 1.33 bits per heavy atom. The average molecular weight is 286 g/mol. The summed E-state index contributed by atoms with van der Waals surface area (Å²) in [5.74, 6) is 0.0335. The van der Waals surface area contributed by atoms with E-state index in [0.717, 1.165) is 31.6 Å². The highest BCUT2D eigenvalue weighted by molar-refractivity contribution is 6.14. The lowest BCUT2D eigenvalue weighted by molar-refractivity contribution is -0.116. The van der Waals surface area contributed by atoms with Crippen LogP contribution in [0.25, 0.3) is 0 Å². The van der Waals surface area contributed by atoms with Crippen molar-refractivity contribution in [3.05, 3.63) is 29.8 Å². The van der Waals surface area contributed by atoms with Crippen LogP contribution in [-0.2, 0) is 10.3 Å². The molecule has 1 aromatic carbocycles. The van der Waals surface area contributed by atoms with Gasteiger partial charge in [-0.25, -0.2) is 0 Å². The van der Waals surface area contributed by atoms with E-state index in [1.54, 1.807) is 11.9 Å². The smallest absolute Gasteiger partial charge is 0.223 e. The summed E-state index contributed by atoms with van der Waals surface area (Å²) in [7, 11) is 10.0. The number of benzene rings is 1. The maximum atomic E-state index is 11.4. The molecule has 1 aliphatic heterocycles. The largest absolute Gasteiger partial charge is 0.395 e. The number of anilines is 1. The minimum Gasteiger partial charge on any atom is -0.395 e. The Labute approximate surface area is 128 Å². The minimum absolute atomic E-state index is 0.0268. The number of carbonyl (C=O) groups excluding carboxylic acids is 1. The number of aliphatic hydroxyl groups is 1. The van der Waals surface area contributed by atoms with Crippen molar-refractivity contribution in [3.63, 3.8) is 0 Å².